The highest BCUT2D eigenvalue weighted by Crippen LogP contribution is 1.94. The molecular weight excluding hydrogens is 284 g/mol. The van der Waals surface area contributed by atoms with Gasteiger partial charge in [0.25, 0.3) is 6.33 Å². The molecule has 0 saturated carbocycles. The Balaban J connectivity index is 2.11. The molecule has 0 amide bonds. The molecule has 0 atom stereocenters. The molecule has 22 heavy (non-hydrogen) atoms. The summed E-state index contributed by atoms with van der Waals surface area (Å²) in [6.07, 6.45) is 10.9. The quantitative estimate of drug-likeness (QED) is 0.154. The summed E-state index contributed by atoms with van der Waals surface area (Å²) in [6, 6.07) is 1.83. The van der Waals surface area contributed by atoms with Crippen molar-refractivity contribution in [1.82, 2.24) is 4.98 Å². The first-order valence-corrected chi connectivity index (χ1v) is 6.45. The highest BCUT2D eigenvalue weighted by atomic mass is 16.7. The molecule has 0 spiro atoms. The van der Waals surface area contributed by atoms with E-state index in [1.165, 1.54) is 12.6 Å². The average molecular weight is 304 g/mol. The molecule has 0 radical (unpaired) electrons. The molecule has 1 aromatic rings. The maximum absolute atomic E-state index is 5.28. The molecule has 0 fully saturated rings. The first-order chi connectivity index (χ1) is 10.8. The number of hydrogen-bond donors (Lipinski definition) is 1. The first kappa shape index (κ1) is 17.4. The Morgan fingerprint density at radius 3 is 2.86 bits per heavy atom. The summed E-state index contributed by atoms with van der Waals surface area (Å²) in [4.78, 5) is 8.09. The molecule has 0 aliphatic heterocycles. The van der Waals surface area contributed by atoms with E-state index in [1.807, 2.05) is 12.3 Å². The van der Waals surface area contributed by atoms with Gasteiger partial charge in [-0.1, -0.05) is 13.2 Å². The minimum atomic E-state index is 0.0264. The predicted octanol–water partition coefficient (Wildman–Crippen LogP) is -0.137. The first-order valence-electron chi connectivity index (χ1n) is 6.45. The van der Waals surface area contributed by atoms with Crippen LogP contribution in [0.5, 0.6) is 0 Å². The van der Waals surface area contributed by atoms with E-state index >= 15 is 0 Å². The minimum absolute atomic E-state index is 0.0264. The Morgan fingerprint density at radius 1 is 1.36 bits per heavy atom. The highest BCUT2D eigenvalue weighted by Gasteiger charge is 1.99. The summed E-state index contributed by atoms with van der Waals surface area (Å²) >= 11 is 0. The molecule has 0 saturated heterocycles. The van der Waals surface area contributed by atoms with Gasteiger partial charge in [-0.3, -0.25) is 5.41 Å². The third-order valence-electron chi connectivity index (χ3n) is 2.31. The van der Waals surface area contributed by atoms with Crippen LogP contribution in [0.1, 0.15) is 5.69 Å². The van der Waals surface area contributed by atoms with Crippen LogP contribution in [0.4, 0.5) is 0 Å². The van der Waals surface area contributed by atoms with Gasteiger partial charge in [-0.25, -0.2) is 9.56 Å². The molecule has 7 heteroatoms. The second-order valence-corrected chi connectivity index (χ2v) is 3.87. The van der Waals surface area contributed by atoms with Crippen molar-refractivity contribution in [2.75, 3.05) is 13.6 Å². The molecule has 116 valence electrons. The summed E-state index contributed by atoms with van der Waals surface area (Å²) in [5.74, 6) is 0. The molecule has 2 N–H and O–H groups in total. The van der Waals surface area contributed by atoms with Crippen LogP contribution >= 0.6 is 0 Å². The highest BCUT2D eigenvalue weighted by molar-refractivity contribution is 5.68. The van der Waals surface area contributed by atoms with E-state index in [1.54, 1.807) is 29.1 Å². The Hall–Kier alpha value is -2.64. The Labute approximate surface area is 129 Å². The van der Waals surface area contributed by atoms with Crippen LogP contribution < -0.4 is 9.98 Å². The van der Waals surface area contributed by atoms with E-state index in [2.05, 4.69) is 23.1 Å². The fraction of sp³-hybridized carbons (Fsp3) is 0.200. The molecular formula is C15H20N4O3+2. The summed E-state index contributed by atoms with van der Waals surface area (Å²) in [6.45, 7) is 7.66. The van der Waals surface area contributed by atoms with E-state index in [-0.39, 0.29) is 13.6 Å². The minimum Gasteiger partial charge on any atom is -0.457 e. The van der Waals surface area contributed by atoms with Gasteiger partial charge in [-0.2, -0.15) is 0 Å². The maximum Gasteiger partial charge on any atom is 0.288 e. The Morgan fingerprint density at radius 2 is 2.23 bits per heavy atom. The predicted molar refractivity (Wildman–Crippen MR) is 82.3 cm³/mol. The number of hydrogen-bond acceptors (Lipinski definition) is 5. The molecule has 0 aliphatic rings. The number of allylic oxidation sites excluding steroid dienone is 2. The van der Waals surface area contributed by atoms with Crippen LogP contribution in [0.2, 0.25) is 0 Å². The molecule has 7 nitrogen and oxygen atoms in total. The second-order valence-electron chi connectivity index (χ2n) is 3.87. The SMILES string of the molecule is C=C/C(=C/C=[NH2+])N=COCOCOC[n+]1ccc(C=C)nc1. The fourth-order valence-corrected chi connectivity index (χ4v) is 1.27. The third kappa shape index (κ3) is 7.22. The van der Waals surface area contributed by atoms with Crippen LogP contribution in [-0.2, 0) is 20.9 Å². The lowest BCUT2D eigenvalue weighted by Crippen LogP contribution is -2.35. The van der Waals surface area contributed by atoms with Gasteiger partial charge < -0.3 is 14.2 Å². The van der Waals surface area contributed by atoms with Gasteiger partial charge in [0.15, 0.2) is 38.6 Å². The van der Waals surface area contributed by atoms with Gasteiger partial charge in [0.05, 0.1) is 11.9 Å². The number of aromatic nitrogens is 2. The van der Waals surface area contributed by atoms with Crippen molar-refractivity contribution in [1.29, 1.82) is 0 Å². The van der Waals surface area contributed by atoms with Crippen molar-refractivity contribution in [2.45, 2.75) is 6.73 Å². The van der Waals surface area contributed by atoms with Crippen LogP contribution in [0.15, 0.2) is 54.6 Å². The van der Waals surface area contributed by atoms with E-state index in [0.29, 0.717) is 12.4 Å². The van der Waals surface area contributed by atoms with E-state index in [0.717, 1.165) is 5.69 Å². The lowest BCUT2D eigenvalue weighted by atomic mass is 10.4. The van der Waals surface area contributed by atoms with Gasteiger partial charge in [0, 0.05) is 12.1 Å². The zero-order chi connectivity index (χ0) is 16.0. The van der Waals surface area contributed by atoms with E-state index in [4.69, 9.17) is 19.6 Å². The lowest BCUT2D eigenvalue weighted by Gasteiger charge is -2.04. The van der Waals surface area contributed by atoms with Crippen molar-refractivity contribution in [3.05, 3.63) is 55.3 Å². The van der Waals surface area contributed by atoms with Crippen LogP contribution in [0.25, 0.3) is 6.08 Å². The van der Waals surface area contributed by atoms with Crippen molar-refractivity contribution in [2.24, 2.45) is 4.99 Å². The van der Waals surface area contributed by atoms with Gasteiger partial charge in [0.1, 0.15) is 0 Å². The fourth-order valence-electron chi connectivity index (χ4n) is 1.27. The number of nitrogens with two attached hydrogens (primary N) is 1. The Kier molecular flexibility index (Phi) is 8.76. The van der Waals surface area contributed by atoms with Crippen molar-refractivity contribution in [3.63, 3.8) is 0 Å². The summed E-state index contributed by atoms with van der Waals surface area (Å²) in [5, 5.41) is 5.24. The molecule has 0 aromatic carbocycles. The molecule has 0 unspecified atom stereocenters. The smallest absolute Gasteiger partial charge is 0.288 e. The zero-order valence-electron chi connectivity index (χ0n) is 12.3. The van der Waals surface area contributed by atoms with Gasteiger partial charge >= 0.3 is 0 Å². The monoisotopic (exact) mass is 304 g/mol. The van der Waals surface area contributed by atoms with Gasteiger partial charge in [-0.15, -0.1) is 0 Å². The number of aliphatic imine (C=N–C) groups is 1. The lowest BCUT2D eigenvalue weighted by molar-refractivity contribution is -0.737. The summed E-state index contributed by atoms with van der Waals surface area (Å²) in [5.41, 5.74) is 1.39. The molecule has 1 aromatic heterocycles. The van der Waals surface area contributed by atoms with Crippen LogP contribution in [0.3, 0.4) is 0 Å². The summed E-state index contributed by atoms with van der Waals surface area (Å²) < 4.78 is 17.2. The van der Waals surface area contributed by atoms with Crippen molar-refractivity contribution in [3.8, 4) is 0 Å². The average Bonchev–Trinajstić information content (AvgIpc) is 2.56. The molecule has 0 bridgehead atoms. The second kappa shape index (κ2) is 11.1. The van der Waals surface area contributed by atoms with E-state index < -0.39 is 0 Å². The normalized spacial score (nSPS) is 11.4. The molecule has 1 heterocycles. The topological polar surface area (TPSA) is 82.4 Å². The van der Waals surface area contributed by atoms with Crippen molar-refractivity contribution < 1.29 is 24.2 Å². The van der Waals surface area contributed by atoms with Crippen LogP contribution in [-0.4, -0.2) is 31.2 Å². The zero-order valence-corrected chi connectivity index (χ0v) is 12.3. The van der Waals surface area contributed by atoms with Gasteiger partial charge in [0.2, 0.25) is 0 Å². The maximum atomic E-state index is 5.28. The standard InChI is InChI=1S/C15H19N4O3/c1-3-14(5-7-16)18-10-20-12-22-13-21-11-19-8-6-15(4-2)17-9-19/h3-10,16H,1-2,11-13H2/q+1/p+1/b14-5-,16-7?,18-10?. The molecule has 0 aliphatic carbocycles. The Bertz CT molecular complexity index is 538. The summed E-state index contributed by atoms with van der Waals surface area (Å²) in [7, 11) is 0. The largest absolute Gasteiger partial charge is 0.457 e. The number of rotatable bonds is 11. The number of ether oxygens (including phenoxy) is 3. The van der Waals surface area contributed by atoms with Crippen LogP contribution in [0, 0.1) is 0 Å². The van der Waals surface area contributed by atoms with Crippen molar-refractivity contribution >= 4 is 18.7 Å². The van der Waals surface area contributed by atoms with E-state index in [9.17, 15) is 0 Å². The molecule has 1 rings (SSSR count). The van der Waals surface area contributed by atoms with Gasteiger partial charge in [-0.05, 0) is 17.1 Å². The number of nitrogens with zero attached hydrogens (tertiary/aromatic N) is 3. The third-order valence-corrected chi connectivity index (χ3v) is 2.31.